The molecule has 9 heteroatoms. The lowest BCUT2D eigenvalue weighted by Gasteiger charge is -2.11. The smallest absolute Gasteiger partial charge is 0.404 e. The first-order valence-electron chi connectivity index (χ1n) is 6.62. The second kappa shape index (κ2) is 7.78. The summed E-state index contributed by atoms with van der Waals surface area (Å²) in [7, 11) is 0. The lowest BCUT2D eigenvalue weighted by molar-refractivity contribution is -0.384. The normalized spacial score (nSPS) is 11.4. The minimum atomic E-state index is -0.872. The lowest BCUT2D eigenvalue weighted by atomic mass is 10.1. The minimum absolute atomic E-state index is 0.0472. The van der Waals surface area contributed by atoms with E-state index in [1.165, 1.54) is 12.1 Å². The van der Waals surface area contributed by atoms with Crippen molar-refractivity contribution in [3.05, 3.63) is 45.0 Å². The third kappa shape index (κ3) is 5.30. The molecule has 0 spiro atoms. The van der Waals surface area contributed by atoms with Gasteiger partial charge < -0.3 is 21.5 Å². The van der Waals surface area contributed by atoms with E-state index < -0.39 is 16.9 Å². The van der Waals surface area contributed by atoms with Gasteiger partial charge in [0.05, 0.1) is 4.92 Å². The summed E-state index contributed by atoms with van der Waals surface area (Å²) < 4.78 is 4.67. The number of nitrogens with two attached hydrogens (primary N) is 2. The number of nitro benzene ring substituents is 1. The maximum absolute atomic E-state index is 11.1. The number of nitro groups is 1. The first-order valence-corrected chi connectivity index (χ1v) is 6.62. The molecule has 0 saturated carbocycles. The van der Waals surface area contributed by atoms with Gasteiger partial charge in [0.25, 0.3) is 5.69 Å². The quantitative estimate of drug-likeness (QED) is 0.393. The van der Waals surface area contributed by atoms with Gasteiger partial charge in [0.2, 0.25) is 5.91 Å². The Morgan fingerprint density at radius 2 is 1.91 bits per heavy atom. The monoisotopic (exact) mass is 322 g/mol. The van der Waals surface area contributed by atoms with E-state index in [9.17, 15) is 19.7 Å². The van der Waals surface area contributed by atoms with Crippen LogP contribution in [-0.4, -0.2) is 30.1 Å². The zero-order valence-corrected chi connectivity index (χ0v) is 12.8. The number of rotatable bonds is 7. The number of nitrogens with one attached hydrogen (secondary N) is 1. The highest BCUT2D eigenvalue weighted by Gasteiger charge is 2.16. The van der Waals surface area contributed by atoms with Crippen LogP contribution < -0.4 is 16.8 Å². The Kier molecular flexibility index (Phi) is 6.07. The number of primary amides is 2. The summed E-state index contributed by atoms with van der Waals surface area (Å²) in [6.07, 6.45) is -0.872. The molecule has 0 bridgehead atoms. The highest BCUT2D eigenvalue weighted by atomic mass is 16.6. The SMILES string of the molecule is C/C(CNc1ccc(C(N)=O)cc1[N+](=O)[O-])=C(/C)COC(N)=O. The van der Waals surface area contributed by atoms with Gasteiger partial charge in [0.15, 0.2) is 0 Å². The Labute approximate surface area is 132 Å². The second-order valence-electron chi connectivity index (χ2n) is 4.88. The molecule has 23 heavy (non-hydrogen) atoms. The Hall–Kier alpha value is -3.10. The van der Waals surface area contributed by atoms with Crippen molar-refractivity contribution in [1.82, 2.24) is 0 Å². The minimum Gasteiger partial charge on any atom is -0.445 e. The average molecular weight is 322 g/mol. The Morgan fingerprint density at radius 3 is 2.43 bits per heavy atom. The van der Waals surface area contributed by atoms with Crippen molar-refractivity contribution in [2.45, 2.75) is 13.8 Å². The van der Waals surface area contributed by atoms with E-state index in [4.69, 9.17) is 11.5 Å². The standard InChI is InChI=1S/C14H18N4O5/c1-8(9(2)7-23-14(16)20)6-17-11-4-3-10(13(15)19)5-12(11)18(21)22/h3-5,17H,6-7H2,1-2H3,(H2,15,19)(H2,16,20)/b9-8+. The number of anilines is 1. The van der Waals surface area contributed by atoms with E-state index in [0.29, 0.717) is 6.54 Å². The van der Waals surface area contributed by atoms with E-state index in [2.05, 4.69) is 10.1 Å². The number of nitrogens with zero attached hydrogens (tertiary/aromatic N) is 1. The van der Waals surface area contributed by atoms with Crippen LogP contribution in [0.1, 0.15) is 24.2 Å². The zero-order valence-electron chi connectivity index (χ0n) is 12.8. The summed E-state index contributed by atoms with van der Waals surface area (Å²) >= 11 is 0. The molecule has 0 atom stereocenters. The number of carbonyl (C=O) groups excluding carboxylic acids is 2. The number of ether oxygens (including phenoxy) is 1. The molecule has 0 aliphatic carbocycles. The van der Waals surface area contributed by atoms with Crippen LogP contribution in [0.5, 0.6) is 0 Å². The number of benzene rings is 1. The third-order valence-electron chi connectivity index (χ3n) is 3.18. The summed E-state index contributed by atoms with van der Waals surface area (Å²) in [5, 5.41) is 14.0. The molecule has 1 rings (SSSR count). The molecule has 0 aromatic heterocycles. The summed E-state index contributed by atoms with van der Waals surface area (Å²) in [5.41, 5.74) is 11.7. The van der Waals surface area contributed by atoms with Crippen molar-refractivity contribution in [2.75, 3.05) is 18.5 Å². The van der Waals surface area contributed by atoms with E-state index in [0.717, 1.165) is 17.2 Å². The van der Waals surface area contributed by atoms with Crippen LogP contribution in [-0.2, 0) is 4.74 Å². The van der Waals surface area contributed by atoms with Gasteiger partial charge >= 0.3 is 6.09 Å². The molecule has 0 aliphatic heterocycles. The van der Waals surface area contributed by atoms with Crippen LogP contribution in [0.4, 0.5) is 16.2 Å². The van der Waals surface area contributed by atoms with Gasteiger partial charge in [-0.05, 0) is 31.6 Å². The Bertz CT molecular complexity index is 669. The Balaban J connectivity index is 2.88. The van der Waals surface area contributed by atoms with E-state index in [1.54, 1.807) is 13.8 Å². The van der Waals surface area contributed by atoms with E-state index in [-0.39, 0.29) is 23.5 Å². The Morgan fingerprint density at radius 1 is 1.26 bits per heavy atom. The second-order valence-corrected chi connectivity index (χ2v) is 4.88. The maximum atomic E-state index is 11.1. The molecule has 9 nitrogen and oxygen atoms in total. The molecule has 1 aromatic rings. The van der Waals surface area contributed by atoms with Crippen LogP contribution in [0, 0.1) is 10.1 Å². The molecule has 0 unspecified atom stereocenters. The summed E-state index contributed by atoms with van der Waals surface area (Å²) in [5.74, 6) is -0.741. The van der Waals surface area contributed by atoms with Gasteiger partial charge in [-0.3, -0.25) is 14.9 Å². The number of hydrogen-bond acceptors (Lipinski definition) is 6. The average Bonchev–Trinajstić information content (AvgIpc) is 2.49. The summed E-state index contributed by atoms with van der Waals surface area (Å²) in [6.45, 7) is 3.89. The summed E-state index contributed by atoms with van der Waals surface area (Å²) in [4.78, 5) is 32.1. The molecule has 0 radical (unpaired) electrons. The molecule has 2 amide bonds. The van der Waals surface area contributed by atoms with Crippen LogP contribution >= 0.6 is 0 Å². The third-order valence-corrected chi connectivity index (χ3v) is 3.18. The van der Waals surface area contributed by atoms with Crippen LogP contribution in [0.25, 0.3) is 0 Å². The predicted octanol–water partition coefficient (Wildman–Crippen LogP) is 1.54. The van der Waals surface area contributed by atoms with Gasteiger partial charge in [0.1, 0.15) is 12.3 Å². The largest absolute Gasteiger partial charge is 0.445 e. The highest BCUT2D eigenvalue weighted by Crippen LogP contribution is 2.25. The molecule has 5 N–H and O–H groups in total. The van der Waals surface area contributed by atoms with Gasteiger partial charge in [-0.2, -0.15) is 0 Å². The molecule has 0 heterocycles. The highest BCUT2D eigenvalue weighted by molar-refractivity contribution is 5.94. The van der Waals surface area contributed by atoms with Crippen molar-refractivity contribution >= 4 is 23.4 Å². The molecular formula is C14H18N4O5. The van der Waals surface area contributed by atoms with Crippen molar-refractivity contribution in [3.63, 3.8) is 0 Å². The first kappa shape index (κ1) is 18.0. The molecule has 1 aromatic carbocycles. The molecule has 124 valence electrons. The fraction of sp³-hybridized carbons (Fsp3) is 0.286. The number of hydrogen-bond donors (Lipinski definition) is 3. The van der Waals surface area contributed by atoms with Crippen molar-refractivity contribution in [1.29, 1.82) is 0 Å². The summed E-state index contributed by atoms with van der Waals surface area (Å²) in [6, 6.07) is 3.94. The van der Waals surface area contributed by atoms with E-state index >= 15 is 0 Å². The van der Waals surface area contributed by atoms with Gasteiger partial charge in [0, 0.05) is 18.2 Å². The van der Waals surface area contributed by atoms with E-state index in [1.807, 2.05) is 0 Å². The van der Waals surface area contributed by atoms with Crippen molar-refractivity contribution < 1.29 is 19.2 Å². The van der Waals surface area contributed by atoms with Crippen LogP contribution in [0.3, 0.4) is 0 Å². The van der Waals surface area contributed by atoms with Gasteiger partial charge in [-0.1, -0.05) is 5.57 Å². The topological polar surface area (TPSA) is 151 Å². The first-order chi connectivity index (χ1) is 10.7. The number of amides is 2. The zero-order chi connectivity index (χ0) is 17.6. The maximum Gasteiger partial charge on any atom is 0.404 e. The fourth-order valence-corrected chi connectivity index (χ4v) is 1.67. The number of carbonyl (C=O) groups is 2. The molecule has 0 saturated heterocycles. The van der Waals surface area contributed by atoms with Crippen molar-refractivity contribution in [2.24, 2.45) is 11.5 Å². The fourth-order valence-electron chi connectivity index (χ4n) is 1.67. The van der Waals surface area contributed by atoms with Crippen LogP contribution in [0.2, 0.25) is 0 Å². The predicted molar refractivity (Wildman–Crippen MR) is 84.0 cm³/mol. The van der Waals surface area contributed by atoms with Gasteiger partial charge in [-0.25, -0.2) is 4.79 Å². The van der Waals surface area contributed by atoms with Crippen molar-refractivity contribution in [3.8, 4) is 0 Å². The van der Waals surface area contributed by atoms with Gasteiger partial charge in [-0.15, -0.1) is 0 Å². The molecule has 0 aliphatic rings. The lowest BCUT2D eigenvalue weighted by Crippen LogP contribution is -2.16. The molecule has 0 fully saturated rings. The molecular weight excluding hydrogens is 304 g/mol. The van der Waals surface area contributed by atoms with Crippen LogP contribution in [0.15, 0.2) is 29.3 Å².